The van der Waals surface area contributed by atoms with E-state index in [2.05, 4.69) is 10.4 Å². The summed E-state index contributed by atoms with van der Waals surface area (Å²) in [6.07, 6.45) is 2.05. The smallest absolute Gasteiger partial charge is 0.256 e. The van der Waals surface area contributed by atoms with Crippen molar-refractivity contribution >= 4 is 23.5 Å². The van der Waals surface area contributed by atoms with Gasteiger partial charge in [-0.05, 0) is 30.9 Å². The Morgan fingerprint density at radius 2 is 2.21 bits per heavy atom. The quantitative estimate of drug-likeness (QED) is 0.933. The fraction of sp³-hybridized carbons (Fsp3) is 0.286. The molecule has 0 saturated heterocycles. The van der Waals surface area contributed by atoms with Crippen molar-refractivity contribution < 1.29 is 4.79 Å². The van der Waals surface area contributed by atoms with Gasteiger partial charge in [0.25, 0.3) is 5.91 Å². The summed E-state index contributed by atoms with van der Waals surface area (Å²) in [6, 6.07) is 9.54. The fourth-order valence-electron chi connectivity index (χ4n) is 1.89. The van der Waals surface area contributed by atoms with Gasteiger partial charge in [-0.25, -0.2) is 0 Å². The molecule has 0 aliphatic rings. The molecule has 0 spiro atoms. The first kappa shape index (κ1) is 13.7. The van der Waals surface area contributed by atoms with Crippen molar-refractivity contribution in [3.8, 4) is 0 Å². The van der Waals surface area contributed by atoms with Crippen molar-refractivity contribution in [3.63, 3.8) is 0 Å². The molecule has 2 rings (SSSR count). The Labute approximate surface area is 117 Å². The number of hydrogen-bond donors (Lipinski definition) is 1. The average Bonchev–Trinajstić information content (AvgIpc) is 2.68. The third kappa shape index (κ3) is 3.38. The first-order valence-corrected chi connectivity index (χ1v) is 7.39. The third-order valence-corrected chi connectivity index (χ3v) is 3.37. The summed E-state index contributed by atoms with van der Waals surface area (Å²) in [5.74, 6) is 1.51. The first-order valence-electron chi connectivity index (χ1n) is 6.00. The number of aromatic nitrogens is 2. The molecule has 0 unspecified atom stereocenters. The van der Waals surface area contributed by atoms with Crippen molar-refractivity contribution in [2.45, 2.75) is 12.7 Å². The summed E-state index contributed by atoms with van der Waals surface area (Å²) in [5, 5.41) is 7.07. The van der Waals surface area contributed by atoms with E-state index >= 15 is 0 Å². The number of nitrogens with one attached hydrogen (secondary N) is 1. The number of carbonyl (C=O) groups is 1. The van der Waals surface area contributed by atoms with Crippen LogP contribution in [0.15, 0.2) is 30.3 Å². The van der Waals surface area contributed by atoms with Crippen molar-refractivity contribution in [1.29, 1.82) is 0 Å². The van der Waals surface area contributed by atoms with Crippen LogP contribution in [0.3, 0.4) is 0 Å². The van der Waals surface area contributed by atoms with Crippen LogP contribution in [-0.2, 0) is 12.8 Å². The summed E-state index contributed by atoms with van der Waals surface area (Å²) in [6.45, 7) is 1.90. The van der Waals surface area contributed by atoms with Gasteiger partial charge in [-0.3, -0.25) is 9.48 Å². The predicted molar refractivity (Wildman–Crippen MR) is 79.6 cm³/mol. The van der Waals surface area contributed by atoms with Gasteiger partial charge in [-0.2, -0.15) is 16.9 Å². The molecule has 19 heavy (non-hydrogen) atoms. The van der Waals surface area contributed by atoms with Gasteiger partial charge in [0.15, 0.2) is 0 Å². The summed E-state index contributed by atoms with van der Waals surface area (Å²) in [4.78, 5) is 12.2. The summed E-state index contributed by atoms with van der Waals surface area (Å²) in [5.41, 5.74) is 2.71. The van der Waals surface area contributed by atoms with Gasteiger partial charge >= 0.3 is 0 Å². The molecule has 0 saturated carbocycles. The molecule has 0 fully saturated rings. The topological polar surface area (TPSA) is 46.9 Å². The van der Waals surface area contributed by atoms with Gasteiger partial charge in [0, 0.05) is 24.4 Å². The molecule has 0 aliphatic carbocycles. The Morgan fingerprint density at radius 1 is 1.42 bits per heavy atom. The van der Waals surface area contributed by atoms with Crippen molar-refractivity contribution in [1.82, 2.24) is 9.78 Å². The Balaban J connectivity index is 2.15. The highest BCUT2D eigenvalue weighted by Gasteiger charge is 2.09. The molecule has 0 bridgehead atoms. The molecule has 5 heteroatoms. The highest BCUT2D eigenvalue weighted by atomic mass is 32.2. The van der Waals surface area contributed by atoms with Crippen LogP contribution in [0, 0.1) is 6.92 Å². The van der Waals surface area contributed by atoms with E-state index in [0.717, 1.165) is 17.0 Å². The Hall–Kier alpha value is -1.75. The van der Waals surface area contributed by atoms with Crippen LogP contribution >= 0.6 is 11.8 Å². The molecule has 4 nitrogen and oxygen atoms in total. The molecule has 1 heterocycles. The number of rotatable bonds is 4. The largest absolute Gasteiger partial charge is 0.307 e. The molecule has 0 atom stereocenters. The molecule has 100 valence electrons. The highest BCUT2D eigenvalue weighted by molar-refractivity contribution is 7.97. The number of carbonyl (C=O) groups excluding carboxylic acids is 1. The van der Waals surface area contributed by atoms with Crippen molar-refractivity contribution in [3.05, 3.63) is 47.2 Å². The lowest BCUT2D eigenvalue weighted by Gasteiger charge is -2.06. The lowest BCUT2D eigenvalue weighted by atomic mass is 10.1. The minimum Gasteiger partial charge on any atom is -0.307 e. The molecular formula is C14H17N3OS. The van der Waals surface area contributed by atoms with Gasteiger partial charge in [0.2, 0.25) is 0 Å². The number of aryl methyl sites for hydroxylation is 2. The number of amides is 1. The molecule has 1 aromatic heterocycles. The lowest BCUT2D eigenvalue weighted by Crippen LogP contribution is -2.14. The van der Waals surface area contributed by atoms with E-state index in [1.54, 1.807) is 16.4 Å². The van der Waals surface area contributed by atoms with Crippen LogP contribution in [0.2, 0.25) is 0 Å². The maximum Gasteiger partial charge on any atom is 0.256 e. The van der Waals surface area contributed by atoms with E-state index in [4.69, 9.17) is 0 Å². The van der Waals surface area contributed by atoms with E-state index in [1.807, 2.05) is 50.6 Å². The number of nitrogens with zero attached hydrogens (tertiary/aromatic N) is 2. The second-order valence-corrected chi connectivity index (χ2v) is 5.25. The SMILES string of the molecule is CSCc1cccc(C(=O)Nc2cc(C)nn2C)c1. The zero-order valence-electron chi connectivity index (χ0n) is 11.3. The molecule has 2 aromatic rings. The Morgan fingerprint density at radius 3 is 2.84 bits per heavy atom. The van der Waals surface area contributed by atoms with Crippen LogP contribution in [-0.4, -0.2) is 21.9 Å². The van der Waals surface area contributed by atoms with Crippen molar-refractivity contribution in [2.75, 3.05) is 11.6 Å². The maximum absolute atomic E-state index is 12.2. The second-order valence-electron chi connectivity index (χ2n) is 4.38. The van der Waals surface area contributed by atoms with Crippen LogP contribution in [0.25, 0.3) is 0 Å². The molecule has 0 aliphatic heterocycles. The van der Waals surface area contributed by atoms with Gasteiger partial charge in [-0.1, -0.05) is 12.1 Å². The Bertz CT molecular complexity index is 592. The minimum atomic E-state index is -0.106. The molecule has 1 amide bonds. The molecule has 0 radical (unpaired) electrons. The van der Waals surface area contributed by atoms with E-state index < -0.39 is 0 Å². The van der Waals surface area contributed by atoms with E-state index in [1.165, 1.54) is 0 Å². The number of hydrogen-bond acceptors (Lipinski definition) is 3. The minimum absolute atomic E-state index is 0.106. The van der Waals surface area contributed by atoms with Gasteiger partial charge in [0.1, 0.15) is 5.82 Å². The summed E-state index contributed by atoms with van der Waals surface area (Å²) >= 11 is 1.74. The lowest BCUT2D eigenvalue weighted by molar-refractivity contribution is 0.102. The predicted octanol–water partition coefficient (Wildman–Crippen LogP) is 2.84. The number of benzene rings is 1. The van der Waals surface area contributed by atoms with E-state index in [9.17, 15) is 4.79 Å². The van der Waals surface area contributed by atoms with E-state index in [-0.39, 0.29) is 5.91 Å². The summed E-state index contributed by atoms with van der Waals surface area (Å²) < 4.78 is 1.67. The standard InChI is InChI=1S/C14H17N3OS/c1-10-7-13(17(2)16-10)15-14(18)12-6-4-5-11(8-12)9-19-3/h4-8H,9H2,1-3H3,(H,15,18). The Kier molecular flexibility index (Phi) is 4.27. The molecule has 1 N–H and O–H groups in total. The number of anilines is 1. The fourth-order valence-corrected chi connectivity index (χ4v) is 2.40. The van der Waals surface area contributed by atoms with Crippen molar-refractivity contribution in [2.24, 2.45) is 7.05 Å². The zero-order valence-corrected chi connectivity index (χ0v) is 12.1. The number of thioether (sulfide) groups is 1. The highest BCUT2D eigenvalue weighted by Crippen LogP contribution is 2.14. The van der Waals surface area contributed by atoms with E-state index in [0.29, 0.717) is 11.4 Å². The van der Waals surface area contributed by atoms with Crippen LogP contribution in [0.1, 0.15) is 21.6 Å². The molecular weight excluding hydrogens is 258 g/mol. The summed E-state index contributed by atoms with van der Waals surface area (Å²) in [7, 11) is 1.81. The maximum atomic E-state index is 12.2. The second kappa shape index (κ2) is 5.93. The van der Waals surface area contributed by atoms with Crippen LogP contribution in [0.5, 0.6) is 0 Å². The van der Waals surface area contributed by atoms with Gasteiger partial charge < -0.3 is 5.32 Å². The van der Waals surface area contributed by atoms with Gasteiger partial charge in [-0.15, -0.1) is 0 Å². The average molecular weight is 275 g/mol. The van der Waals surface area contributed by atoms with Gasteiger partial charge in [0.05, 0.1) is 5.69 Å². The normalized spacial score (nSPS) is 10.5. The third-order valence-electron chi connectivity index (χ3n) is 2.74. The van der Waals surface area contributed by atoms with Crippen LogP contribution < -0.4 is 5.32 Å². The first-order chi connectivity index (χ1) is 9.10. The monoisotopic (exact) mass is 275 g/mol. The zero-order chi connectivity index (χ0) is 13.8. The molecule has 1 aromatic carbocycles. The van der Waals surface area contributed by atoms with Crippen LogP contribution in [0.4, 0.5) is 5.82 Å².